The van der Waals surface area contributed by atoms with Crippen LogP contribution in [-0.4, -0.2) is 40.6 Å². The standard InChI is InChI=1S/C15H21N3O3/c1-15(2,3)21-14(20)17-6-7-18-9-10-8-11(19)4-5-12(10)13(18)16/h4-5,8,16,19H,6-7,9H2,1-3H3,(H,17,20). The number of nitrogens with zero attached hydrogens (tertiary/aromatic N) is 1. The number of benzene rings is 1. The highest BCUT2D eigenvalue weighted by atomic mass is 16.6. The maximum Gasteiger partial charge on any atom is 0.407 e. The Morgan fingerprint density at radius 3 is 2.86 bits per heavy atom. The summed E-state index contributed by atoms with van der Waals surface area (Å²) < 4.78 is 5.15. The predicted octanol–water partition coefficient (Wildman–Crippen LogP) is 2.06. The number of ether oxygens (including phenoxy) is 1. The smallest absolute Gasteiger partial charge is 0.407 e. The summed E-state index contributed by atoms with van der Waals surface area (Å²) in [6.07, 6.45) is -0.455. The van der Waals surface area contributed by atoms with Gasteiger partial charge in [-0.1, -0.05) is 0 Å². The van der Waals surface area contributed by atoms with E-state index in [9.17, 15) is 9.90 Å². The van der Waals surface area contributed by atoms with Crippen LogP contribution in [0.4, 0.5) is 4.79 Å². The highest BCUT2D eigenvalue weighted by Crippen LogP contribution is 2.25. The number of amidine groups is 1. The van der Waals surface area contributed by atoms with E-state index in [2.05, 4.69) is 5.32 Å². The van der Waals surface area contributed by atoms with Gasteiger partial charge in [0.15, 0.2) is 0 Å². The Labute approximate surface area is 124 Å². The first kappa shape index (κ1) is 15.2. The van der Waals surface area contributed by atoms with Crippen LogP contribution in [0.25, 0.3) is 0 Å². The molecule has 6 nitrogen and oxygen atoms in total. The van der Waals surface area contributed by atoms with Gasteiger partial charge in [-0.2, -0.15) is 0 Å². The molecule has 0 bridgehead atoms. The third kappa shape index (κ3) is 3.87. The first-order valence-corrected chi connectivity index (χ1v) is 6.89. The molecule has 3 N–H and O–H groups in total. The Kier molecular flexibility index (Phi) is 4.06. The number of carbonyl (C=O) groups excluding carboxylic acids is 1. The van der Waals surface area contributed by atoms with Gasteiger partial charge in [-0.05, 0) is 44.5 Å². The fraction of sp³-hybridized carbons (Fsp3) is 0.467. The molecule has 114 valence electrons. The van der Waals surface area contributed by atoms with E-state index in [0.717, 1.165) is 11.1 Å². The second kappa shape index (κ2) is 5.63. The molecule has 2 rings (SSSR count). The molecule has 1 aromatic carbocycles. The summed E-state index contributed by atoms with van der Waals surface area (Å²) in [6, 6.07) is 5.00. The zero-order valence-electron chi connectivity index (χ0n) is 12.6. The highest BCUT2D eigenvalue weighted by Gasteiger charge is 2.24. The van der Waals surface area contributed by atoms with Gasteiger partial charge in [0.05, 0.1) is 0 Å². The fourth-order valence-corrected chi connectivity index (χ4v) is 2.19. The summed E-state index contributed by atoms with van der Waals surface area (Å²) >= 11 is 0. The van der Waals surface area contributed by atoms with E-state index in [0.29, 0.717) is 25.5 Å². The number of carbonyl (C=O) groups is 1. The molecular formula is C15H21N3O3. The van der Waals surface area contributed by atoms with E-state index in [4.69, 9.17) is 10.1 Å². The zero-order valence-corrected chi connectivity index (χ0v) is 12.6. The molecule has 0 radical (unpaired) electrons. The number of aromatic hydroxyl groups is 1. The van der Waals surface area contributed by atoms with Gasteiger partial charge in [-0.25, -0.2) is 4.79 Å². The molecule has 0 aliphatic carbocycles. The molecule has 0 spiro atoms. The van der Waals surface area contributed by atoms with Gasteiger partial charge in [0.1, 0.15) is 17.2 Å². The second-order valence-corrected chi connectivity index (χ2v) is 6.04. The first-order valence-electron chi connectivity index (χ1n) is 6.89. The SMILES string of the molecule is CC(C)(C)OC(=O)NCCN1Cc2cc(O)ccc2C1=N. The Hall–Kier alpha value is -2.24. The number of hydrogen-bond donors (Lipinski definition) is 3. The van der Waals surface area contributed by atoms with E-state index in [1.54, 1.807) is 18.2 Å². The molecule has 21 heavy (non-hydrogen) atoms. The van der Waals surface area contributed by atoms with Crippen molar-refractivity contribution in [1.29, 1.82) is 5.41 Å². The molecule has 6 heteroatoms. The highest BCUT2D eigenvalue weighted by molar-refractivity contribution is 6.00. The molecule has 1 aliphatic rings. The van der Waals surface area contributed by atoms with Crippen LogP contribution in [-0.2, 0) is 11.3 Å². The predicted molar refractivity (Wildman–Crippen MR) is 79.6 cm³/mol. The van der Waals surface area contributed by atoms with Crippen molar-refractivity contribution in [3.05, 3.63) is 29.3 Å². The molecule has 1 aliphatic heterocycles. The Balaban J connectivity index is 1.84. The van der Waals surface area contributed by atoms with Crippen molar-refractivity contribution in [3.63, 3.8) is 0 Å². The van der Waals surface area contributed by atoms with Crippen LogP contribution in [0.5, 0.6) is 5.75 Å². The molecule has 1 aromatic rings. The largest absolute Gasteiger partial charge is 0.508 e. The van der Waals surface area contributed by atoms with Crippen LogP contribution >= 0.6 is 0 Å². The lowest BCUT2D eigenvalue weighted by atomic mass is 10.1. The quantitative estimate of drug-likeness (QED) is 0.795. The summed E-state index contributed by atoms with van der Waals surface area (Å²) in [5, 5.41) is 20.2. The van der Waals surface area contributed by atoms with Crippen LogP contribution in [0.1, 0.15) is 31.9 Å². The van der Waals surface area contributed by atoms with Crippen LogP contribution < -0.4 is 5.32 Å². The van der Waals surface area contributed by atoms with Crippen molar-refractivity contribution in [3.8, 4) is 5.75 Å². The minimum Gasteiger partial charge on any atom is -0.508 e. The molecule has 0 saturated heterocycles. The third-order valence-corrected chi connectivity index (χ3v) is 3.07. The molecule has 0 unspecified atom stereocenters. The van der Waals surface area contributed by atoms with Gasteiger partial charge in [0, 0.05) is 25.2 Å². The minimum absolute atomic E-state index is 0.204. The molecule has 1 heterocycles. The van der Waals surface area contributed by atoms with E-state index >= 15 is 0 Å². The van der Waals surface area contributed by atoms with Crippen LogP contribution in [0.15, 0.2) is 18.2 Å². The summed E-state index contributed by atoms with van der Waals surface area (Å²) in [6.45, 7) is 6.92. The zero-order chi connectivity index (χ0) is 15.6. The average molecular weight is 291 g/mol. The molecule has 0 atom stereocenters. The van der Waals surface area contributed by atoms with E-state index in [1.165, 1.54) is 0 Å². The molecular weight excluding hydrogens is 270 g/mol. The van der Waals surface area contributed by atoms with Crippen molar-refractivity contribution in [2.75, 3.05) is 13.1 Å². The van der Waals surface area contributed by atoms with Gasteiger partial charge in [-0.15, -0.1) is 0 Å². The fourth-order valence-electron chi connectivity index (χ4n) is 2.19. The monoisotopic (exact) mass is 291 g/mol. The van der Waals surface area contributed by atoms with Crippen LogP contribution in [0, 0.1) is 5.41 Å². The Morgan fingerprint density at radius 1 is 1.48 bits per heavy atom. The summed E-state index contributed by atoms with van der Waals surface area (Å²) in [7, 11) is 0. The van der Waals surface area contributed by atoms with Crippen molar-refractivity contribution < 1.29 is 14.6 Å². The van der Waals surface area contributed by atoms with Gasteiger partial charge in [0.2, 0.25) is 0 Å². The number of fused-ring (bicyclic) bond motifs is 1. The number of hydrogen-bond acceptors (Lipinski definition) is 4. The third-order valence-electron chi connectivity index (χ3n) is 3.07. The van der Waals surface area contributed by atoms with Crippen molar-refractivity contribution in [1.82, 2.24) is 10.2 Å². The van der Waals surface area contributed by atoms with E-state index < -0.39 is 11.7 Å². The molecule has 1 amide bonds. The maximum atomic E-state index is 11.5. The van der Waals surface area contributed by atoms with Crippen LogP contribution in [0.2, 0.25) is 0 Å². The molecule has 0 saturated carbocycles. The summed E-state index contributed by atoms with van der Waals surface area (Å²) in [4.78, 5) is 13.4. The topological polar surface area (TPSA) is 85.7 Å². The maximum absolute atomic E-state index is 11.5. The average Bonchev–Trinajstić information content (AvgIpc) is 2.63. The Morgan fingerprint density at radius 2 is 2.19 bits per heavy atom. The van der Waals surface area contributed by atoms with Crippen molar-refractivity contribution >= 4 is 11.9 Å². The molecule has 0 fully saturated rings. The minimum atomic E-state index is -0.516. The van der Waals surface area contributed by atoms with E-state index in [1.807, 2.05) is 25.7 Å². The number of rotatable bonds is 3. The number of phenolic OH excluding ortho intramolecular Hbond substituents is 1. The number of alkyl carbamates (subject to hydrolysis) is 1. The summed E-state index contributed by atoms with van der Waals surface area (Å²) in [5.74, 6) is 0.617. The van der Waals surface area contributed by atoms with Gasteiger partial charge >= 0.3 is 6.09 Å². The van der Waals surface area contributed by atoms with Crippen molar-refractivity contribution in [2.24, 2.45) is 0 Å². The number of amides is 1. The lowest BCUT2D eigenvalue weighted by Crippen LogP contribution is -2.38. The van der Waals surface area contributed by atoms with Gasteiger partial charge in [0.25, 0.3) is 0 Å². The normalized spacial score (nSPS) is 14.0. The number of phenols is 1. The van der Waals surface area contributed by atoms with Gasteiger partial charge in [-0.3, -0.25) is 5.41 Å². The Bertz CT molecular complexity index is 564. The number of nitrogens with one attached hydrogen (secondary N) is 2. The van der Waals surface area contributed by atoms with E-state index in [-0.39, 0.29) is 5.75 Å². The summed E-state index contributed by atoms with van der Waals surface area (Å²) in [5.41, 5.74) is 1.24. The first-order chi connectivity index (χ1) is 9.76. The lowest BCUT2D eigenvalue weighted by Gasteiger charge is -2.21. The van der Waals surface area contributed by atoms with Crippen LogP contribution in [0.3, 0.4) is 0 Å². The molecule has 0 aromatic heterocycles. The van der Waals surface area contributed by atoms with Gasteiger partial charge < -0.3 is 20.1 Å². The second-order valence-electron chi connectivity index (χ2n) is 6.04. The van der Waals surface area contributed by atoms with Crippen molar-refractivity contribution in [2.45, 2.75) is 32.9 Å². The lowest BCUT2D eigenvalue weighted by molar-refractivity contribution is 0.0525.